The predicted molar refractivity (Wildman–Crippen MR) is 99.4 cm³/mol. The number of aromatic carboxylic acids is 1. The Bertz CT molecular complexity index is 878. The average Bonchev–Trinajstić information content (AvgIpc) is 3.13. The Kier molecular flexibility index (Phi) is 5.92. The van der Waals surface area contributed by atoms with Crippen molar-refractivity contribution < 1.29 is 19.5 Å². The minimum absolute atomic E-state index is 0.00745. The summed E-state index contributed by atoms with van der Waals surface area (Å²) >= 11 is 1.24. The van der Waals surface area contributed by atoms with Crippen molar-refractivity contribution in [2.75, 3.05) is 6.54 Å². The Morgan fingerprint density at radius 3 is 2.70 bits per heavy atom. The molecule has 3 rings (SSSR count). The van der Waals surface area contributed by atoms with Crippen molar-refractivity contribution in [3.63, 3.8) is 0 Å². The summed E-state index contributed by atoms with van der Waals surface area (Å²) in [4.78, 5) is 39.2. The van der Waals surface area contributed by atoms with Crippen LogP contribution in [0.15, 0.2) is 40.8 Å². The summed E-state index contributed by atoms with van der Waals surface area (Å²) in [7, 11) is 0. The van der Waals surface area contributed by atoms with E-state index in [-0.39, 0.29) is 23.9 Å². The van der Waals surface area contributed by atoms with Gasteiger partial charge in [0.15, 0.2) is 5.69 Å². The van der Waals surface area contributed by atoms with Gasteiger partial charge in [-0.25, -0.2) is 14.8 Å². The van der Waals surface area contributed by atoms with E-state index in [1.807, 2.05) is 30.3 Å². The highest BCUT2D eigenvalue weighted by Crippen LogP contribution is 2.14. The second kappa shape index (κ2) is 8.54. The van der Waals surface area contributed by atoms with Gasteiger partial charge in [0.1, 0.15) is 5.71 Å². The minimum Gasteiger partial charge on any atom is -0.476 e. The lowest BCUT2D eigenvalue weighted by atomic mass is 10.1. The third-order valence-electron chi connectivity index (χ3n) is 3.94. The summed E-state index contributed by atoms with van der Waals surface area (Å²) in [6.07, 6.45) is 0.980. The number of hydrogen-bond donors (Lipinski definition) is 2. The number of hydrogen-bond acceptors (Lipinski definition) is 6. The zero-order valence-corrected chi connectivity index (χ0v) is 15.2. The van der Waals surface area contributed by atoms with Gasteiger partial charge >= 0.3 is 5.97 Å². The van der Waals surface area contributed by atoms with Crippen molar-refractivity contribution in [1.82, 2.24) is 15.3 Å². The molecule has 1 aliphatic heterocycles. The van der Waals surface area contributed by atoms with Gasteiger partial charge in [-0.3, -0.25) is 9.59 Å². The number of carbonyl (C=O) groups is 3. The van der Waals surface area contributed by atoms with E-state index in [0.29, 0.717) is 36.7 Å². The van der Waals surface area contributed by atoms with E-state index < -0.39 is 5.97 Å². The standard InChI is InChI=1S/C18H18N4O4S/c23-16-7-6-13(21-22(16)10-12-4-2-1-3-5-12)17(24)19-9-8-15-20-14(11-27-15)18(25)26/h1-5,11H,6-10H2,(H,19,24)(H,25,26). The number of thiazole rings is 1. The van der Waals surface area contributed by atoms with Crippen LogP contribution in [-0.4, -0.2) is 45.1 Å². The van der Waals surface area contributed by atoms with E-state index in [0.717, 1.165) is 5.56 Å². The Morgan fingerprint density at radius 2 is 2.00 bits per heavy atom. The normalized spacial score (nSPS) is 14.0. The molecule has 140 valence electrons. The summed E-state index contributed by atoms with van der Waals surface area (Å²) in [5, 5.41) is 19.3. The average molecular weight is 386 g/mol. The molecule has 2 heterocycles. The van der Waals surface area contributed by atoms with Crippen molar-refractivity contribution >= 4 is 34.8 Å². The molecule has 0 unspecified atom stereocenters. The number of hydrazone groups is 1. The van der Waals surface area contributed by atoms with Crippen LogP contribution in [0.2, 0.25) is 0 Å². The molecule has 0 saturated carbocycles. The zero-order valence-electron chi connectivity index (χ0n) is 14.4. The van der Waals surface area contributed by atoms with Crippen LogP contribution < -0.4 is 5.32 Å². The molecule has 27 heavy (non-hydrogen) atoms. The number of carboxylic acid groups (broad SMARTS) is 1. The van der Waals surface area contributed by atoms with Crippen molar-refractivity contribution in [1.29, 1.82) is 0 Å². The molecule has 8 nitrogen and oxygen atoms in total. The molecule has 0 radical (unpaired) electrons. The number of nitrogens with one attached hydrogen (secondary N) is 1. The van der Waals surface area contributed by atoms with Gasteiger partial charge in [0.2, 0.25) is 5.91 Å². The number of rotatable bonds is 7. The van der Waals surface area contributed by atoms with Crippen LogP contribution in [0.5, 0.6) is 0 Å². The van der Waals surface area contributed by atoms with E-state index in [2.05, 4.69) is 15.4 Å². The number of amides is 2. The maximum atomic E-state index is 12.3. The van der Waals surface area contributed by atoms with Gasteiger partial charge in [-0.2, -0.15) is 5.10 Å². The van der Waals surface area contributed by atoms with Crippen molar-refractivity contribution in [2.24, 2.45) is 5.10 Å². The van der Waals surface area contributed by atoms with Crippen LogP contribution in [0.1, 0.15) is 33.9 Å². The Labute approximate surface area is 159 Å². The molecule has 0 spiro atoms. The van der Waals surface area contributed by atoms with Gasteiger partial charge < -0.3 is 10.4 Å². The lowest BCUT2D eigenvalue weighted by Crippen LogP contribution is -2.39. The first-order valence-electron chi connectivity index (χ1n) is 8.40. The Morgan fingerprint density at radius 1 is 1.22 bits per heavy atom. The van der Waals surface area contributed by atoms with Gasteiger partial charge in [-0.05, 0) is 5.56 Å². The maximum Gasteiger partial charge on any atom is 0.355 e. The molecule has 2 amide bonds. The van der Waals surface area contributed by atoms with Crippen LogP contribution >= 0.6 is 11.3 Å². The molecule has 0 bridgehead atoms. The van der Waals surface area contributed by atoms with Crippen LogP contribution in [-0.2, 0) is 22.6 Å². The fourth-order valence-corrected chi connectivity index (χ4v) is 3.33. The third kappa shape index (κ3) is 4.98. The van der Waals surface area contributed by atoms with Crippen LogP contribution in [0, 0.1) is 0 Å². The summed E-state index contributed by atoms with van der Waals surface area (Å²) < 4.78 is 0. The predicted octanol–water partition coefficient (Wildman–Crippen LogP) is 1.68. The minimum atomic E-state index is -1.07. The Hall–Kier alpha value is -3.07. The van der Waals surface area contributed by atoms with E-state index in [1.54, 1.807) is 0 Å². The summed E-state index contributed by atoms with van der Waals surface area (Å²) in [5.41, 5.74) is 1.26. The van der Waals surface area contributed by atoms with E-state index in [1.165, 1.54) is 21.7 Å². The van der Waals surface area contributed by atoms with Gasteiger partial charge in [0.25, 0.3) is 5.91 Å². The molecule has 0 atom stereocenters. The molecule has 0 fully saturated rings. The highest BCUT2D eigenvalue weighted by atomic mass is 32.1. The maximum absolute atomic E-state index is 12.3. The molecular formula is C18H18N4O4S. The fourth-order valence-electron chi connectivity index (χ4n) is 2.55. The summed E-state index contributed by atoms with van der Waals surface area (Å²) in [6, 6.07) is 9.46. The topological polar surface area (TPSA) is 112 Å². The molecule has 2 aromatic rings. The summed E-state index contributed by atoms with van der Waals surface area (Å²) in [5.74, 6) is -1.50. The molecule has 0 aliphatic carbocycles. The smallest absolute Gasteiger partial charge is 0.355 e. The molecule has 9 heteroatoms. The summed E-state index contributed by atoms with van der Waals surface area (Å²) in [6.45, 7) is 0.643. The third-order valence-corrected chi connectivity index (χ3v) is 4.85. The van der Waals surface area contributed by atoms with Crippen molar-refractivity contribution in [2.45, 2.75) is 25.8 Å². The van der Waals surface area contributed by atoms with E-state index in [4.69, 9.17) is 5.11 Å². The Balaban J connectivity index is 1.55. The lowest BCUT2D eigenvalue weighted by Gasteiger charge is -2.23. The van der Waals surface area contributed by atoms with Gasteiger partial charge in [0, 0.05) is 31.2 Å². The number of benzene rings is 1. The molecular weight excluding hydrogens is 368 g/mol. The largest absolute Gasteiger partial charge is 0.476 e. The first-order chi connectivity index (χ1) is 13.0. The van der Waals surface area contributed by atoms with Gasteiger partial charge in [0.05, 0.1) is 11.6 Å². The first kappa shape index (κ1) is 18.7. The monoisotopic (exact) mass is 386 g/mol. The molecule has 0 saturated heterocycles. The van der Waals surface area contributed by atoms with Crippen LogP contribution in [0.4, 0.5) is 0 Å². The highest BCUT2D eigenvalue weighted by Gasteiger charge is 2.24. The molecule has 1 aliphatic rings. The molecule has 2 N–H and O–H groups in total. The van der Waals surface area contributed by atoms with Crippen LogP contribution in [0.25, 0.3) is 0 Å². The zero-order chi connectivity index (χ0) is 19.2. The molecule has 1 aromatic carbocycles. The second-order valence-corrected chi connectivity index (χ2v) is 6.86. The van der Waals surface area contributed by atoms with Crippen molar-refractivity contribution in [3.8, 4) is 0 Å². The van der Waals surface area contributed by atoms with Gasteiger partial charge in [-0.1, -0.05) is 30.3 Å². The van der Waals surface area contributed by atoms with Gasteiger partial charge in [-0.15, -0.1) is 11.3 Å². The highest BCUT2D eigenvalue weighted by molar-refractivity contribution is 7.09. The first-order valence-corrected chi connectivity index (χ1v) is 9.28. The fraction of sp³-hybridized carbons (Fsp3) is 0.278. The van der Waals surface area contributed by atoms with E-state index in [9.17, 15) is 14.4 Å². The number of nitrogens with zero attached hydrogens (tertiary/aromatic N) is 3. The number of carboxylic acids is 1. The van der Waals surface area contributed by atoms with Crippen LogP contribution in [0.3, 0.4) is 0 Å². The number of aromatic nitrogens is 1. The number of carbonyl (C=O) groups excluding carboxylic acids is 2. The second-order valence-electron chi connectivity index (χ2n) is 5.92. The lowest BCUT2D eigenvalue weighted by molar-refractivity contribution is -0.132. The SMILES string of the molecule is O=C(NCCc1nc(C(=O)O)cs1)C1=NN(Cc2ccccc2)C(=O)CC1. The molecule has 1 aromatic heterocycles. The van der Waals surface area contributed by atoms with E-state index >= 15 is 0 Å². The van der Waals surface area contributed by atoms with Crippen molar-refractivity contribution in [3.05, 3.63) is 52.0 Å². The quantitative estimate of drug-likeness (QED) is 0.752.